The number of amides is 1. The highest BCUT2D eigenvalue weighted by Crippen LogP contribution is 2.29. The van der Waals surface area contributed by atoms with Crippen molar-refractivity contribution in [3.8, 4) is 0 Å². The molecule has 132 valence electrons. The Labute approximate surface area is 140 Å². The van der Waals surface area contributed by atoms with Crippen molar-refractivity contribution >= 4 is 11.9 Å². The van der Waals surface area contributed by atoms with Gasteiger partial charge in [0.05, 0.1) is 18.0 Å². The van der Waals surface area contributed by atoms with Crippen LogP contribution in [0.1, 0.15) is 39.0 Å². The van der Waals surface area contributed by atoms with E-state index in [0.29, 0.717) is 12.0 Å². The van der Waals surface area contributed by atoms with Gasteiger partial charge in [-0.2, -0.15) is 13.2 Å². The van der Waals surface area contributed by atoms with Crippen molar-refractivity contribution in [3.05, 3.63) is 59.2 Å². The SMILES string of the molecule is CC(Cc1ccc(C(F)(F)F)cc1)NC(=O)c1cnc(C(=O)O)cn1. The maximum absolute atomic E-state index is 12.5. The number of nitrogens with zero attached hydrogens (tertiary/aromatic N) is 2. The predicted octanol–water partition coefficient (Wildman–Crippen LogP) is 2.55. The minimum Gasteiger partial charge on any atom is -0.476 e. The van der Waals surface area contributed by atoms with Crippen LogP contribution in [0, 0.1) is 0 Å². The average Bonchev–Trinajstić information content (AvgIpc) is 2.54. The Morgan fingerprint density at radius 1 is 1.12 bits per heavy atom. The molecule has 2 aromatic rings. The first-order chi connectivity index (χ1) is 11.7. The molecule has 25 heavy (non-hydrogen) atoms. The van der Waals surface area contributed by atoms with Gasteiger partial charge in [-0.25, -0.2) is 14.8 Å². The number of hydrogen-bond acceptors (Lipinski definition) is 4. The summed E-state index contributed by atoms with van der Waals surface area (Å²) in [7, 11) is 0. The van der Waals surface area contributed by atoms with Gasteiger partial charge in [-0.1, -0.05) is 12.1 Å². The Kier molecular flexibility index (Phi) is 5.35. The second-order valence-corrected chi connectivity index (χ2v) is 5.37. The number of carbonyl (C=O) groups is 2. The van der Waals surface area contributed by atoms with E-state index >= 15 is 0 Å². The lowest BCUT2D eigenvalue weighted by Gasteiger charge is -2.14. The van der Waals surface area contributed by atoms with Gasteiger partial charge in [-0.3, -0.25) is 4.79 Å². The molecular weight excluding hydrogens is 339 g/mol. The first kappa shape index (κ1) is 18.4. The normalized spacial score (nSPS) is 12.5. The minimum absolute atomic E-state index is 0.0516. The van der Waals surface area contributed by atoms with Crippen LogP contribution in [0.3, 0.4) is 0 Å². The molecule has 2 N–H and O–H groups in total. The number of carboxylic acids is 1. The zero-order valence-corrected chi connectivity index (χ0v) is 13.0. The number of alkyl halides is 3. The molecule has 0 bridgehead atoms. The number of nitrogens with one attached hydrogen (secondary N) is 1. The van der Waals surface area contributed by atoms with Crippen molar-refractivity contribution in [2.45, 2.75) is 25.6 Å². The van der Waals surface area contributed by atoms with Gasteiger partial charge in [0.25, 0.3) is 5.91 Å². The molecule has 9 heteroatoms. The van der Waals surface area contributed by atoms with Crippen LogP contribution in [0.15, 0.2) is 36.7 Å². The second kappa shape index (κ2) is 7.29. The number of halogens is 3. The third-order valence-corrected chi connectivity index (χ3v) is 3.30. The van der Waals surface area contributed by atoms with Crippen molar-refractivity contribution in [1.29, 1.82) is 0 Å². The third kappa shape index (κ3) is 5.00. The van der Waals surface area contributed by atoms with E-state index in [0.717, 1.165) is 24.5 Å². The Morgan fingerprint density at radius 2 is 1.68 bits per heavy atom. The lowest BCUT2D eigenvalue weighted by Crippen LogP contribution is -2.34. The number of hydrogen-bond donors (Lipinski definition) is 2. The molecule has 0 radical (unpaired) electrons. The number of carbonyl (C=O) groups excluding carboxylic acids is 1. The van der Waals surface area contributed by atoms with Crippen LogP contribution in [0.25, 0.3) is 0 Å². The van der Waals surface area contributed by atoms with Crippen molar-refractivity contribution in [2.75, 3.05) is 0 Å². The number of aromatic carboxylic acids is 1. The summed E-state index contributed by atoms with van der Waals surface area (Å²) in [4.78, 5) is 30.0. The predicted molar refractivity (Wildman–Crippen MR) is 81.1 cm³/mol. The maximum Gasteiger partial charge on any atom is 0.416 e. The number of rotatable bonds is 5. The van der Waals surface area contributed by atoms with E-state index in [4.69, 9.17) is 5.11 Å². The van der Waals surface area contributed by atoms with Crippen molar-refractivity contribution in [3.63, 3.8) is 0 Å². The summed E-state index contributed by atoms with van der Waals surface area (Å²) in [6.45, 7) is 1.69. The van der Waals surface area contributed by atoms with Crippen LogP contribution < -0.4 is 5.32 Å². The molecule has 1 unspecified atom stereocenters. The molecule has 0 saturated carbocycles. The van der Waals surface area contributed by atoms with Crippen molar-refractivity contribution in [1.82, 2.24) is 15.3 Å². The maximum atomic E-state index is 12.5. The quantitative estimate of drug-likeness (QED) is 0.862. The van der Waals surface area contributed by atoms with Crippen molar-refractivity contribution < 1.29 is 27.9 Å². The molecule has 0 saturated heterocycles. The van der Waals surface area contributed by atoms with Crippen LogP contribution >= 0.6 is 0 Å². The van der Waals surface area contributed by atoms with Crippen LogP contribution in [-0.2, 0) is 12.6 Å². The molecule has 1 aromatic heterocycles. The largest absolute Gasteiger partial charge is 0.476 e. The van der Waals surface area contributed by atoms with Gasteiger partial charge < -0.3 is 10.4 Å². The summed E-state index contributed by atoms with van der Waals surface area (Å²) in [6.07, 6.45) is -2.05. The van der Waals surface area contributed by atoms with E-state index in [1.165, 1.54) is 12.1 Å². The Bertz CT molecular complexity index is 759. The fourth-order valence-electron chi connectivity index (χ4n) is 2.09. The highest BCUT2D eigenvalue weighted by atomic mass is 19.4. The van der Waals surface area contributed by atoms with E-state index in [9.17, 15) is 22.8 Å². The molecule has 0 aliphatic heterocycles. The summed E-state index contributed by atoms with van der Waals surface area (Å²) in [5, 5.41) is 11.3. The molecule has 1 heterocycles. The molecule has 2 rings (SSSR count). The van der Waals surface area contributed by atoms with E-state index < -0.39 is 23.6 Å². The zero-order valence-electron chi connectivity index (χ0n) is 13.0. The number of carboxylic acid groups (broad SMARTS) is 1. The van der Waals surface area contributed by atoms with Gasteiger partial charge in [0.2, 0.25) is 0 Å². The lowest BCUT2D eigenvalue weighted by atomic mass is 10.0. The molecule has 0 fully saturated rings. The summed E-state index contributed by atoms with van der Waals surface area (Å²) in [5.41, 5.74) is -0.437. The Hall–Kier alpha value is -2.97. The Morgan fingerprint density at radius 3 is 2.16 bits per heavy atom. The monoisotopic (exact) mass is 353 g/mol. The van der Waals surface area contributed by atoms with E-state index in [1.807, 2.05) is 0 Å². The number of benzene rings is 1. The molecule has 1 atom stereocenters. The highest BCUT2D eigenvalue weighted by molar-refractivity contribution is 5.92. The molecule has 0 aliphatic rings. The summed E-state index contributed by atoms with van der Waals surface area (Å²) < 4.78 is 37.5. The van der Waals surface area contributed by atoms with Gasteiger partial charge in [0, 0.05) is 6.04 Å². The van der Waals surface area contributed by atoms with Crippen LogP contribution in [0.4, 0.5) is 13.2 Å². The number of aromatic nitrogens is 2. The molecule has 6 nitrogen and oxygen atoms in total. The second-order valence-electron chi connectivity index (χ2n) is 5.37. The molecule has 0 aliphatic carbocycles. The van der Waals surface area contributed by atoms with Crippen molar-refractivity contribution in [2.24, 2.45) is 0 Å². The molecular formula is C16H14F3N3O3. The smallest absolute Gasteiger partial charge is 0.416 e. The average molecular weight is 353 g/mol. The molecule has 1 amide bonds. The Balaban J connectivity index is 1.96. The van der Waals surface area contributed by atoms with E-state index in [1.54, 1.807) is 6.92 Å². The highest BCUT2D eigenvalue weighted by Gasteiger charge is 2.29. The van der Waals surface area contributed by atoms with Gasteiger partial charge in [0.1, 0.15) is 5.69 Å². The van der Waals surface area contributed by atoms with E-state index in [-0.39, 0.29) is 17.4 Å². The standard InChI is InChI=1S/C16H14F3N3O3/c1-9(6-10-2-4-11(5-3-10)16(17,18)19)22-14(23)12-7-21-13(8-20-12)15(24)25/h2-5,7-9H,6H2,1H3,(H,22,23)(H,24,25). The van der Waals surface area contributed by atoms with Gasteiger partial charge in [0.15, 0.2) is 5.69 Å². The van der Waals surface area contributed by atoms with Crippen LogP contribution in [-0.4, -0.2) is 33.0 Å². The summed E-state index contributed by atoms with van der Waals surface area (Å²) in [5.74, 6) is -1.81. The molecule has 1 aromatic carbocycles. The lowest BCUT2D eigenvalue weighted by molar-refractivity contribution is -0.137. The summed E-state index contributed by atoms with van der Waals surface area (Å²) >= 11 is 0. The van der Waals surface area contributed by atoms with Crippen LogP contribution in [0.5, 0.6) is 0 Å². The summed E-state index contributed by atoms with van der Waals surface area (Å²) in [6, 6.07) is 4.31. The van der Waals surface area contributed by atoms with Crippen LogP contribution in [0.2, 0.25) is 0 Å². The fraction of sp³-hybridized carbons (Fsp3) is 0.250. The fourth-order valence-corrected chi connectivity index (χ4v) is 2.09. The topological polar surface area (TPSA) is 92.2 Å². The minimum atomic E-state index is -4.39. The van der Waals surface area contributed by atoms with Gasteiger partial charge in [-0.15, -0.1) is 0 Å². The van der Waals surface area contributed by atoms with Gasteiger partial charge >= 0.3 is 12.1 Å². The zero-order chi connectivity index (χ0) is 18.6. The molecule has 0 spiro atoms. The van der Waals surface area contributed by atoms with Gasteiger partial charge in [-0.05, 0) is 31.0 Å². The first-order valence-electron chi connectivity index (χ1n) is 7.19. The van der Waals surface area contributed by atoms with E-state index in [2.05, 4.69) is 15.3 Å². The third-order valence-electron chi connectivity index (χ3n) is 3.30. The first-order valence-corrected chi connectivity index (χ1v) is 7.19.